The zero-order valence-corrected chi connectivity index (χ0v) is 9.28. The Hall–Kier alpha value is -0.417. The van der Waals surface area contributed by atoms with E-state index in [1.165, 1.54) is 6.42 Å². The van der Waals surface area contributed by atoms with Crippen LogP contribution in [0.25, 0.3) is 0 Å². The molecule has 0 N–H and O–H groups in total. The van der Waals surface area contributed by atoms with Crippen molar-refractivity contribution in [1.82, 2.24) is 0 Å². The summed E-state index contributed by atoms with van der Waals surface area (Å²) in [4.78, 5) is 0. The fourth-order valence-electron chi connectivity index (χ4n) is 1.25. The van der Waals surface area contributed by atoms with Crippen LogP contribution in [0.15, 0.2) is 51.8 Å². The average molecular weight is 233 g/mol. The van der Waals surface area contributed by atoms with Crippen LogP contribution in [0.5, 0.6) is 0 Å². The topological polar surface area (TPSA) is 0 Å². The Morgan fingerprint density at radius 1 is 1.08 bits per heavy atom. The second kappa shape index (κ2) is 4.00. The van der Waals surface area contributed by atoms with Crippen LogP contribution in [0.2, 0.25) is 0 Å². The van der Waals surface area contributed by atoms with Crippen LogP contribution in [-0.2, 0) is 23.2 Å². The van der Waals surface area contributed by atoms with Crippen molar-refractivity contribution >= 4 is 3.27 Å². The molecular formula is C11H10Zr. The zero-order chi connectivity index (χ0) is 8.23. The Bertz CT molecular complexity index is 309. The summed E-state index contributed by atoms with van der Waals surface area (Å²) in [5.41, 5.74) is 0. The quantitative estimate of drug-likeness (QED) is 0.735. The maximum atomic E-state index is 2.29. The molecule has 0 aliphatic heterocycles. The summed E-state index contributed by atoms with van der Waals surface area (Å²) in [6, 6.07) is 10.9. The van der Waals surface area contributed by atoms with Gasteiger partial charge in [0.15, 0.2) is 0 Å². The van der Waals surface area contributed by atoms with Crippen molar-refractivity contribution in [2.45, 2.75) is 6.42 Å². The molecule has 0 nitrogen and oxygen atoms in total. The molecule has 0 atom stereocenters. The van der Waals surface area contributed by atoms with E-state index >= 15 is 0 Å². The number of hydrogen-bond donors (Lipinski definition) is 0. The standard InChI is InChI=1S/C6H5.C5H5.Zr/c1-2-4-6-5-3-1;1-2-4-5-3-1;/h1-5H;1-3H,4H2;. The Morgan fingerprint density at radius 2 is 1.92 bits per heavy atom. The Balaban J connectivity index is 2.05. The fraction of sp³-hybridized carbons (Fsp3) is 0.0909. The van der Waals surface area contributed by atoms with Gasteiger partial charge in [0.25, 0.3) is 0 Å². The maximum absolute atomic E-state index is 2.29. The first-order valence-corrected chi connectivity index (χ1v) is 6.59. The third kappa shape index (κ3) is 2.04. The summed E-state index contributed by atoms with van der Waals surface area (Å²) in [6.07, 6.45) is 7.93. The van der Waals surface area contributed by atoms with Crippen LogP contribution >= 0.6 is 0 Å². The Kier molecular flexibility index (Phi) is 2.73. The van der Waals surface area contributed by atoms with Crippen molar-refractivity contribution in [2.24, 2.45) is 0 Å². The first kappa shape index (κ1) is 8.19. The molecule has 1 heteroatoms. The first-order chi connectivity index (χ1) is 5.95. The third-order valence-electron chi connectivity index (χ3n) is 1.85. The summed E-state index contributed by atoms with van der Waals surface area (Å²) in [6.45, 7) is 0. The summed E-state index contributed by atoms with van der Waals surface area (Å²) in [7, 11) is 0. The summed E-state index contributed by atoms with van der Waals surface area (Å²) in [5, 5.41) is 0. The van der Waals surface area contributed by atoms with Gasteiger partial charge in [-0.15, -0.1) is 0 Å². The molecule has 0 saturated carbocycles. The van der Waals surface area contributed by atoms with Crippen LogP contribution in [0.3, 0.4) is 0 Å². The van der Waals surface area contributed by atoms with E-state index in [4.69, 9.17) is 0 Å². The predicted molar refractivity (Wildman–Crippen MR) is 47.9 cm³/mol. The van der Waals surface area contributed by atoms with Gasteiger partial charge in [-0.25, -0.2) is 0 Å². The molecule has 0 aromatic heterocycles. The SMILES string of the molecule is C1=CC[C]([Zr][c]2ccccc2)=C1. The van der Waals surface area contributed by atoms with Crippen molar-refractivity contribution in [3.05, 3.63) is 51.8 Å². The van der Waals surface area contributed by atoms with Crippen LogP contribution < -0.4 is 3.27 Å². The van der Waals surface area contributed by atoms with Gasteiger partial charge in [-0.1, -0.05) is 0 Å². The Labute approximate surface area is 84.6 Å². The molecule has 0 radical (unpaired) electrons. The minimum atomic E-state index is -0.414. The van der Waals surface area contributed by atoms with E-state index in [0.717, 1.165) is 0 Å². The molecule has 1 aromatic rings. The van der Waals surface area contributed by atoms with Gasteiger partial charge < -0.3 is 0 Å². The molecule has 1 aliphatic rings. The molecule has 0 unspecified atom stereocenters. The molecule has 0 spiro atoms. The van der Waals surface area contributed by atoms with Gasteiger partial charge in [0.05, 0.1) is 0 Å². The second-order valence-electron chi connectivity index (χ2n) is 2.82. The van der Waals surface area contributed by atoms with Crippen molar-refractivity contribution in [3.8, 4) is 0 Å². The second-order valence-corrected chi connectivity index (χ2v) is 6.43. The van der Waals surface area contributed by atoms with Crippen molar-refractivity contribution in [1.29, 1.82) is 0 Å². The molecule has 1 aromatic carbocycles. The Morgan fingerprint density at radius 3 is 2.58 bits per heavy atom. The monoisotopic (exact) mass is 232 g/mol. The third-order valence-corrected chi connectivity index (χ3v) is 5.08. The van der Waals surface area contributed by atoms with Gasteiger partial charge in [-0.2, -0.15) is 0 Å². The first-order valence-electron chi connectivity index (χ1n) is 4.13. The molecular weight excluding hydrogens is 223 g/mol. The van der Waals surface area contributed by atoms with Gasteiger partial charge in [0.2, 0.25) is 0 Å². The molecule has 0 heterocycles. The molecule has 0 saturated heterocycles. The molecule has 0 bridgehead atoms. The van der Waals surface area contributed by atoms with E-state index in [2.05, 4.69) is 48.6 Å². The minimum absolute atomic E-state index is 0.414. The zero-order valence-electron chi connectivity index (χ0n) is 6.83. The van der Waals surface area contributed by atoms with Gasteiger partial charge in [0.1, 0.15) is 0 Å². The molecule has 58 valence electrons. The van der Waals surface area contributed by atoms with Crippen LogP contribution in [0.1, 0.15) is 6.42 Å². The van der Waals surface area contributed by atoms with Crippen LogP contribution in [-0.4, -0.2) is 0 Å². The number of hydrogen-bond acceptors (Lipinski definition) is 0. The van der Waals surface area contributed by atoms with Crippen molar-refractivity contribution in [3.63, 3.8) is 0 Å². The molecule has 2 rings (SSSR count). The summed E-state index contributed by atoms with van der Waals surface area (Å²) in [5.74, 6) is 0. The number of allylic oxidation sites excluding steroid dienone is 4. The van der Waals surface area contributed by atoms with Crippen LogP contribution in [0, 0.1) is 0 Å². The van der Waals surface area contributed by atoms with E-state index < -0.39 is 23.2 Å². The predicted octanol–water partition coefficient (Wildman–Crippen LogP) is 2.24. The average Bonchev–Trinajstić information content (AvgIpc) is 2.59. The van der Waals surface area contributed by atoms with E-state index in [1.807, 2.05) is 0 Å². The van der Waals surface area contributed by atoms with Crippen molar-refractivity contribution in [2.75, 3.05) is 0 Å². The van der Waals surface area contributed by atoms with E-state index in [1.54, 1.807) is 6.55 Å². The molecule has 0 amide bonds. The van der Waals surface area contributed by atoms with Crippen LogP contribution in [0.4, 0.5) is 0 Å². The van der Waals surface area contributed by atoms with E-state index in [-0.39, 0.29) is 0 Å². The molecule has 1 aliphatic carbocycles. The van der Waals surface area contributed by atoms with E-state index in [9.17, 15) is 0 Å². The van der Waals surface area contributed by atoms with E-state index in [0.29, 0.717) is 0 Å². The normalized spacial score (nSPS) is 14.5. The van der Waals surface area contributed by atoms with Crippen molar-refractivity contribution < 1.29 is 23.2 Å². The van der Waals surface area contributed by atoms with Gasteiger partial charge in [-0.05, 0) is 0 Å². The van der Waals surface area contributed by atoms with Gasteiger partial charge >= 0.3 is 84.8 Å². The number of benzene rings is 1. The number of rotatable bonds is 2. The van der Waals surface area contributed by atoms with Gasteiger partial charge in [0, 0.05) is 0 Å². The fourth-order valence-corrected chi connectivity index (χ4v) is 4.02. The molecule has 0 fully saturated rings. The summed E-state index contributed by atoms with van der Waals surface area (Å²) < 4.78 is 3.26. The summed E-state index contributed by atoms with van der Waals surface area (Å²) >= 11 is -0.414. The van der Waals surface area contributed by atoms with Gasteiger partial charge in [-0.3, -0.25) is 0 Å². The molecule has 12 heavy (non-hydrogen) atoms.